The maximum absolute atomic E-state index is 11.6. The molecular weight excluding hydrogens is 244 g/mol. The highest BCUT2D eigenvalue weighted by Crippen LogP contribution is 2.24. The molecule has 0 atom stereocenters. The summed E-state index contributed by atoms with van der Waals surface area (Å²) in [6.45, 7) is 4.59. The second kappa shape index (κ2) is 6.56. The quantitative estimate of drug-likeness (QED) is 0.895. The van der Waals surface area contributed by atoms with Crippen molar-refractivity contribution in [2.24, 2.45) is 0 Å². The average molecular weight is 266 g/mol. The Morgan fingerprint density at radius 3 is 2.89 bits per heavy atom. The molecule has 1 aliphatic rings. The fraction of sp³-hybridized carbons (Fsp3) is 0.692. The lowest BCUT2D eigenvalue weighted by Crippen LogP contribution is -2.39. The molecule has 6 heteroatoms. The van der Waals surface area contributed by atoms with Crippen LogP contribution in [0.1, 0.15) is 31.5 Å². The highest BCUT2D eigenvalue weighted by molar-refractivity contribution is 5.67. The Balaban J connectivity index is 1.92. The summed E-state index contributed by atoms with van der Waals surface area (Å²) in [5.74, 6) is 0. The van der Waals surface area contributed by atoms with Crippen molar-refractivity contribution in [3.05, 3.63) is 18.2 Å². The van der Waals surface area contributed by atoms with Gasteiger partial charge in [0.25, 0.3) is 0 Å². The molecule has 0 unspecified atom stereocenters. The monoisotopic (exact) mass is 266 g/mol. The van der Waals surface area contributed by atoms with E-state index in [0.29, 0.717) is 12.6 Å². The van der Waals surface area contributed by atoms with Crippen molar-refractivity contribution in [2.75, 3.05) is 26.7 Å². The number of rotatable bonds is 4. The van der Waals surface area contributed by atoms with E-state index in [1.807, 2.05) is 26.5 Å². The van der Waals surface area contributed by atoms with Gasteiger partial charge in [0.05, 0.1) is 18.6 Å². The van der Waals surface area contributed by atoms with Gasteiger partial charge < -0.3 is 19.5 Å². The highest BCUT2D eigenvalue weighted by atomic mass is 16.6. The van der Waals surface area contributed by atoms with Crippen LogP contribution in [0.4, 0.5) is 4.79 Å². The largest absolute Gasteiger partial charge is 0.450 e. The van der Waals surface area contributed by atoms with Gasteiger partial charge in [-0.05, 0) is 26.8 Å². The molecule has 0 aromatic carbocycles. The van der Waals surface area contributed by atoms with Gasteiger partial charge in [0.2, 0.25) is 0 Å². The molecule has 1 aromatic heterocycles. The van der Waals surface area contributed by atoms with Crippen molar-refractivity contribution >= 4 is 6.09 Å². The number of nitrogens with one attached hydrogen (secondary N) is 1. The second-order valence-electron chi connectivity index (χ2n) is 4.74. The third-order valence-electron chi connectivity index (χ3n) is 3.49. The number of piperidine rings is 1. The number of hydrogen-bond donors (Lipinski definition) is 1. The Labute approximate surface area is 113 Å². The molecule has 1 saturated heterocycles. The molecule has 0 saturated carbocycles. The summed E-state index contributed by atoms with van der Waals surface area (Å²) in [6, 6.07) is 0.427. The number of carbonyl (C=O) groups is 1. The Bertz CT molecular complexity index is 411. The molecule has 0 radical (unpaired) electrons. The third kappa shape index (κ3) is 3.26. The molecular formula is C13H22N4O2. The number of nitrogens with zero attached hydrogens (tertiary/aromatic N) is 3. The Kier molecular flexibility index (Phi) is 4.79. The zero-order valence-electron chi connectivity index (χ0n) is 11.6. The fourth-order valence-corrected chi connectivity index (χ4v) is 2.52. The number of hydrogen-bond acceptors (Lipinski definition) is 4. The van der Waals surface area contributed by atoms with Crippen molar-refractivity contribution in [1.29, 1.82) is 0 Å². The first-order valence-electron chi connectivity index (χ1n) is 6.83. The Morgan fingerprint density at radius 2 is 2.26 bits per heavy atom. The lowest BCUT2D eigenvalue weighted by Gasteiger charge is -2.32. The molecule has 0 bridgehead atoms. The summed E-state index contributed by atoms with van der Waals surface area (Å²) >= 11 is 0. The van der Waals surface area contributed by atoms with Crippen LogP contribution in [0.5, 0.6) is 0 Å². The molecule has 1 amide bonds. The van der Waals surface area contributed by atoms with E-state index in [4.69, 9.17) is 4.74 Å². The first kappa shape index (κ1) is 13.9. The summed E-state index contributed by atoms with van der Waals surface area (Å²) in [4.78, 5) is 17.6. The Morgan fingerprint density at radius 1 is 1.53 bits per heavy atom. The smallest absolute Gasteiger partial charge is 0.409 e. The predicted octanol–water partition coefficient (Wildman–Crippen LogP) is 1.40. The van der Waals surface area contributed by atoms with Gasteiger partial charge in [-0.2, -0.15) is 0 Å². The van der Waals surface area contributed by atoms with Gasteiger partial charge in [-0.25, -0.2) is 9.78 Å². The summed E-state index contributed by atoms with van der Waals surface area (Å²) in [5, 5.41) is 3.15. The number of amides is 1. The van der Waals surface area contributed by atoms with Gasteiger partial charge in [0, 0.05) is 31.9 Å². The van der Waals surface area contributed by atoms with E-state index in [1.165, 1.54) is 5.69 Å². The van der Waals surface area contributed by atoms with Crippen LogP contribution < -0.4 is 5.32 Å². The van der Waals surface area contributed by atoms with Gasteiger partial charge in [-0.1, -0.05) is 0 Å². The zero-order valence-corrected chi connectivity index (χ0v) is 11.6. The molecule has 6 nitrogen and oxygen atoms in total. The van der Waals surface area contributed by atoms with E-state index in [-0.39, 0.29) is 6.09 Å². The van der Waals surface area contributed by atoms with E-state index in [0.717, 1.165) is 32.5 Å². The molecule has 1 aliphatic heterocycles. The number of aromatic nitrogens is 2. The zero-order chi connectivity index (χ0) is 13.7. The molecule has 0 aliphatic carbocycles. The normalized spacial score (nSPS) is 16.6. The van der Waals surface area contributed by atoms with Crippen molar-refractivity contribution in [3.63, 3.8) is 0 Å². The number of carbonyl (C=O) groups excluding carboxylic acids is 1. The van der Waals surface area contributed by atoms with Gasteiger partial charge in [-0.3, -0.25) is 0 Å². The average Bonchev–Trinajstić information content (AvgIpc) is 2.88. The minimum absolute atomic E-state index is 0.193. The van der Waals surface area contributed by atoms with Gasteiger partial charge in [0.15, 0.2) is 0 Å². The minimum Gasteiger partial charge on any atom is -0.450 e. The maximum Gasteiger partial charge on any atom is 0.409 e. The molecule has 1 aromatic rings. The van der Waals surface area contributed by atoms with Crippen molar-refractivity contribution in [1.82, 2.24) is 19.8 Å². The highest BCUT2D eigenvalue weighted by Gasteiger charge is 2.25. The van der Waals surface area contributed by atoms with Gasteiger partial charge in [-0.15, -0.1) is 0 Å². The SMILES string of the molecule is CCOC(=O)N1CCC(n2cncc2CNC)CC1. The lowest BCUT2D eigenvalue weighted by atomic mass is 10.1. The minimum atomic E-state index is -0.193. The lowest BCUT2D eigenvalue weighted by molar-refractivity contribution is 0.0924. The summed E-state index contributed by atoms with van der Waals surface area (Å²) in [7, 11) is 1.93. The van der Waals surface area contributed by atoms with Crippen LogP contribution in [0.3, 0.4) is 0 Å². The van der Waals surface area contributed by atoms with E-state index >= 15 is 0 Å². The first-order valence-corrected chi connectivity index (χ1v) is 6.83. The molecule has 1 fully saturated rings. The predicted molar refractivity (Wildman–Crippen MR) is 71.9 cm³/mol. The van der Waals surface area contributed by atoms with Crippen LogP contribution in [-0.2, 0) is 11.3 Å². The van der Waals surface area contributed by atoms with E-state index in [2.05, 4.69) is 14.9 Å². The number of likely N-dealkylation sites (tertiary alicyclic amines) is 1. The first-order chi connectivity index (χ1) is 9.26. The topological polar surface area (TPSA) is 59.4 Å². The van der Waals surface area contributed by atoms with Crippen molar-refractivity contribution in [3.8, 4) is 0 Å². The van der Waals surface area contributed by atoms with Crippen molar-refractivity contribution < 1.29 is 9.53 Å². The fourth-order valence-electron chi connectivity index (χ4n) is 2.52. The van der Waals surface area contributed by atoms with Crippen LogP contribution in [0.2, 0.25) is 0 Å². The summed E-state index contributed by atoms with van der Waals surface area (Å²) in [6.07, 6.45) is 5.49. The van der Waals surface area contributed by atoms with Crippen molar-refractivity contribution in [2.45, 2.75) is 32.4 Å². The van der Waals surface area contributed by atoms with Gasteiger partial charge in [0.1, 0.15) is 0 Å². The summed E-state index contributed by atoms with van der Waals surface area (Å²) in [5.41, 5.74) is 1.19. The molecule has 2 heterocycles. The van der Waals surface area contributed by atoms with Crippen LogP contribution in [0.15, 0.2) is 12.5 Å². The van der Waals surface area contributed by atoms with E-state index < -0.39 is 0 Å². The van der Waals surface area contributed by atoms with Gasteiger partial charge >= 0.3 is 6.09 Å². The van der Waals surface area contributed by atoms with E-state index in [9.17, 15) is 4.79 Å². The summed E-state index contributed by atoms with van der Waals surface area (Å²) < 4.78 is 7.25. The molecule has 2 rings (SSSR count). The maximum atomic E-state index is 11.6. The molecule has 1 N–H and O–H groups in total. The molecule has 0 spiro atoms. The van der Waals surface area contributed by atoms with Crippen LogP contribution in [-0.4, -0.2) is 47.3 Å². The Hall–Kier alpha value is -1.56. The molecule has 19 heavy (non-hydrogen) atoms. The third-order valence-corrected chi connectivity index (χ3v) is 3.49. The number of imidazole rings is 1. The van der Waals surface area contributed by atoms with Crippen LogP contribution in [0.25, 0.3) is 0 Å². The van der Waals surface area contributed by atoms with Crippen LogP contribution in [0, 0.1) is 0 Å². The standard InChI is InChI=1S/C13H22N4O2/c1-3-19-13(18)16-6-4-11(5-7-16)17-10-15-9-12(17)8-14-2/h9-11,14H,3-8H2,1-2H3. The molecule has 106 valence electrons. The number of ether oxygens (including phenoxy) is 1. The van der Waals surface area contributed by atoms with E-state index in [1.54, 1.807) is 4.90 Å². The second-order valence-corrected chi connectivity index (χ2v) is 4.74. The van der Waals surface area contributed by atoms with Crippen LogP contribution >= 0.6 is 0 Å².